The fourth-order valence-corrected chi connectivity index (χ4v) is 4.42. The summed E-state index contributed by atoms with van der Waals surface area (Å²) in [6.45, 7) is 7.05. The summed E-state index contributed by atoms with van der Waals surface area (Å²) in [7, 11) is 0. The third kappa shape index (κ3) is 3.64. The van der Waals surface area contributed by atoms with Crippen molar-refractivity contribution in [3.05, 3.63) is 47.3 Å². The minimum Gasteiger partial charge on any atom is -0.353 e. The van der Waals surface area contributed by atoms with Crippen LogP contribution >= 0.6 is 0 Å². The molecule has 0 aromatic carbocycles. The first kappa shape index (κ1) is 19.6. The maximum absolute atomic E-state index is 13.0. The van der Waals surface area contributed by atoms with Crippen molar-refractivity contribution in [3.8, 4) is 0 Å². The van der Waals surface area contributed by atoms with E-state index in [4.69, 9.17) is 0 Å². The lowest BCUT2D eigenvalue weighted by molar-refractivity contribution is -0.124. The number of carbonyl (C=O) groups excluding carboxylic acids is 2. The van der Waals surface area contributed by atoms with Gasteiger partial charge in [-0.3, -0.25) is 19.9 Å². The molecular formula is C21H28N6O2. The average Bonchev–Trinajstić information content (AvgIpc) is 3.18. The van der Waals surface area contributed by atoms with Gasteiger partial charge in [0.2, 0.25) is 5.91 Å². The number of rotatable bonds is 3. The number of pyridine rings is 1. The Morgan fingerprint density at radius 1 is 1.31 bits per heavy atom. The molecule has 0 saturated carbocycles. The number of carbonyl (C=O) groups is 2. The van der Waals surface area contributed by atoms with E-state index in [0.717, 1.165) is 17.0 Å². The van der Waals surface area contributed by atoms with Crippen molar-refractivity contribution >= 4 is 11.8 Å². The Kier molecular flexibility index (Phi) is 5.12. The summed E-state index contributed by atoms with van der Waals surface area (Å²) in [6.07, 6.45) is 7.05. The van der Waals surface area contributed by atoms with Gasteiger partial charge in [0.05, 0.1) is 29.2 Å². The second-order valence-electron chi connectivity index (χ2n) is 8.36. The number of aromatic nitrogens is 3. The summed E-state index contributed by atoms with van der Waals surface area (Å²) in [5.41, 5.74) is 3.18. The summed E-state index contributed by atoms with van der Waals surface area (Å²) < 4.78 is 0. The monoisotopic (exact) mass is 396 g/mol. The molecular weight excluding hydrogens is 368 g/mol. The van der Waals surface area contributed by atoms with Crippen molar-refractivity contribution in [2.45, 2.75) is 57.7 Å². The molecule has 2 aromatic rings. The number of H-pyrrole nitrogens is 1. The molecule has 1 atom stereocenters. The summed E-state index contributed by atoms with van der Waals surface area (Å²) >= 11 is 0. The Hall–Kier alpha value is -2.74. The van der Waals surface area contributed by atoms with E-state index < -0.39 is 5.54 Å². The molecule has 4 heterocycles. The summed E-state index contributed by atoms with van der Waals surface area (Å²) in [5.74, 6) is 0.0155. The molecule has 2 aliphatic rings. The topological polar surface area (TPSA) is 103 Å². The number of nitrogens with zero attached hydrogens (tertiary/aromatic N) is 3. The number of likely N-dealkylation sites (tertiary alicyclic amines) is 1. The van der Waals surface area contributed by atoms with Gasteiger partial charge < -0.3 is 15.2 Å². The molecule has 0 radical (unpaired) electrons. The molecule has 29 heavy (non-hydrogen) atoms. The number of aryl methyl sites for hydroxylation is 1. The van der Waals surface area contributed by atoms with Gasteiger partial charge in [0.15, 0.2) is 0 Å². The average molecular weight is 396 g/mol. The number of aromatic amines is 1. The lowest BCUT2D eigenvalue weighted by atomic mass is 9.78. The molecule has 0 bridgehead atoms. The minimum atomic E-state index is -0.396. The van der Waals surface area contributed by atoms with E-state index in [-0.39, 0.29) is 23.9 Å². The first-order chi connectivity index (χ1) is 13.9. The zero-order valence-corrected chi connectivity index (χ0v) is 17.2. The van der Waals surface area contributed by atoms with Gasteiger partial charge in [0.1, 0.15) is 0 Å². The number of hydrogen-bond acceptors (Lipinski definition) is 5. The molecule has 0 aliphatic carbocycles. The maximum Gasteiger partial charge on any atom is 0.255 e. The molecule has 1 spiro atoms. The molecule has 0 unspecified atom stereocenters. The smallest absolute Gasteiger partial charge is 0.255 e. The van der Waals surface area contributed by atoms with Crippen molar-refractivity contribution in [2.75, 3.05) is 13.1 Å². The van der Waals surface area contributed by atoms with Crippen molar-refractivity contribution in [1.82, 2.24) is 30.5 Å². The molecule has 8 nitrogen and oxygen atoms in total. The Bertz CT molecular complexity index is 913. The summed E-state index contributed by atoms with van der Waals surface area (Å²) in [6, 6.07) is 1.63. The van der Waals surface area contributed by atoms with Crippen molar-refractivity contribution in [2.24, 2.45) is 0 Å². The fraction of sp³-hybridized carbons (Fsp3) is 0.524. The Morgan fingerprint density at radius 2 is 2.07 bits per heavy atom. The van der Waals surface area contributed by atoms with Crippen molar-refractivity contribution in [3.63, 3.8) is 0 Å². The van der Waals surface area contributed by atoms with Gasteiger partial charge >= 0.3 is 0 Å². The van der Waals surface area contributed by atoms with Crippen molar-refractivity contribution < 1.29 is 9.59 Å². The van der Waals surface area contributed by atoms with E-state index in [9.17, 15) is 9.59 Å². The minimum absolute atomic E-state index is 0.00381. The molecule has 2 amide bonds. The molecule has 2 aromatic heterocycles. The van der Waals surface area contributed by atoms with E-state index in [0.29, 0.717) is 37.9 Å². The van der Waals surface area contributed by atoms with Crippen LogP contribution in [-0.2, 0) is 16.8 Å². The Morgan fingerprint density at radius 3 is 2.76 bits per heavy atom. The van der Waals surface area contributed by atoms with Gasteiger partial charge in [-0.05, 0) is 45.2 Å². The second kappa shape index (κ2) is 7.59. The Balaban J connectivity index is 1.53. The standard InChI is InChI=1S/C21H28N6O2/c1-13(2)25-19(28)17-10-16-18(24-12-23-16)21(26-17)5-8-27(9-6-21)20(29)15-11-22-7-4-14(15)3/h4,7,11-13,17,26H,5-6,8-10H2,1-3H3,(H,23,24)(H,25,28)/t17-/m0/s1. The van der Waals surface area contributed by atoms with E-state index in [1.807, 2.05) is 31.7 Å². The van der Waals surface area contributed by atoms with E-state index >= 15 is 0 Å². The van der Waals surface area contributed by atoms with Crippen LogP contribution in [0.4, 0.5) is 0 Å². The molecule has 1 saturated heterocycles. The zero-order valence-electron chi connectivity index (χ0n) is 17.2. The molecule has 4 rings (SSSR count). The van der Waals surface area contributed by atoms with Crippen LogP contribution in [0.1, 0.15) is 54.0 Å². The van der Waals surface area contributed by atoms with E-state index in [1.54, 1.807) is 18.7 Å². The quantitative estimate of drug-likeness (QED) is 0.725. The van der Waals surface area contributed by atoms with Crippen LogP contribution in [-0.4, -0.2) is 56.8 Å². The maximum atomic E-state index is 13.0. The van der Waals surface area contributed by atoms with Gasteiger partial charge in [-0.2, -0.15) is 0 Å². The highest BCUT2D eigenvalue weighted by molar-refractivity contribution is 5.95. The van der Waals surface area contributed by atoms with Crippen LogP contribution in [0.2, 0.25) is 0 Å². The van der Waals surface area contributed by atoms with Gasteiger partial charge in [-0.15, -0.1) is 0 Å². The van der Waals surface area contributed by atoms with Gasteiger partial charge in [0.25, 0.3) is 5.91 Å². The lowest BCUT2D eigenvalue weighted by Crippen LogP contribution is -2.62. The van der Waals surface area contributed by atoms with Crippen LogP contribution in [0.3, 0.4) is 0 Å². The van der Waals surface area contributed by atoms with Crippen LogP contribution in [0.15, 0.2) is 24.8 Å². The predicted octanol–water partition coefficient (Wildman–Crippen LogP) is 1.28. The van der Waals surface area contributed by atoms with Crippen LogP contribution in [0.25, 0.3) is 0 Å². The number of nitrogens with one attached hydrogen (secondary N) is 3. The van der Waals surface area contributed by atoms with Gasteiger partial charge in [-0.1, -0.05) is 0 Å². The first-order valence-corrected chi connectivity index (χ1v) is 10.2. The van der Waals surface area contributed by atoms with E-state index in [1.165, 1.54) is 0 Å². The highest BCUT2D eigenvalue weighted by atomic mass is 16.2. The number of fused-ring (bicyclic) bond motifs is 2. The number of amides is 2. The fourth-order valence-electron chi connectivity index (χ4n) is 4.42. The number of hydrogen-bond donors (Lipinski definition) is 3. The van der Waals surface area contributed by atoms with Crippen LogP contribution in [0.5, 0.6) is 0 Å². The first-order valence-electron chi connectivity index (χ1n) is 10.2. The van der Waals surface area contributed by atoms with Gasteiger partial charge in [0, 0.05) is 43.6 Å². The predicted molar refractivity (Wildman–Crippen MR) is 108 cm³/mol. The number of imidazole rings is 1. The highest BCUT2D eigenvalue weighted by Crippen LogP contribution is 2.37. The van der Waals surface area contributed by atoms with Crippen molar-refractivity contribution in [1.29, 1.82) is 0 Å². The van der Waals surface area contributed by atoms with Crippen LogP contribution < -0.4 is 10.6 Å². The normalized spacial score (nSPS) is 20.6. The molecule has 2 aliphatic heterocycles. The lowest BCUT2D eigenvalue weighted by Gasteiger charge is -2.46. The Labute approximate surface area is 170 Å². The highest BCUT2D eigenvalue weighted by Gasteiger charge is 2.46. The second-order valence-corrected chi connectivity index (χ2v) is 8.36. The third-order valence-electron chi connectivity index (χ3n) is 5.95. The summed E-state index contributed by atoms with van der Waals surface area (Å²) in [5, 5.41) is 6.59. The zero-order chi connectivity index (χ0) is 20.6. The molecule has 3 N–H and O–H groups in total. The van der Waals surface area contributed by atoms with Gasteiger partial charge in [-0.25, -0.2) is 4.98 Å². The third-order valence-corrected chi connectivity index (χ3v) is 5.95. The number of piperidine rings is 1. The molecule has 8 heteroatoms. The van der Waals surface area contributed by atoms with Crippen LogP contribution in [0, 0.1) is 6.92 Å². The molecule has 1 fully saturated rings. The molecule has 154 valence electrons. The SMILES string of the molecule is Cc1ccncc1C(=O)N1CCC2(CC1)N[C@H](C(=O)NC(C)C)Cc1[nH]cnc12. The largest absolute Gasteiger partial charge is 0.353 e. The van der Waals surface area contributed by atoms with E-state index in [2.05, 4.69) is 25.6 Å². The summed E-state index contributed by atoms with van der Waals surface area (Å²) in [4.78, 5) is 39.4.